The van der Waals surface area contributed by atoms with Crippen molar-refractivity contribution in [1.29, 1.82) is 0 Å². The highest BCUT2D eigenvalue weighted by atomic mass is 32.1. The van der Waals surface area contributed by atoms with E-state index in [0.717, 1.165) is 19.4 Å². The number of carbonyl (C=O) groups is 1. The van der Waals surface area contributed by atoms with Gasteiger partial charge in [0.15, 0.2) is 0 Å². The topological polar surface area (TPSA) is 41.6 Å². The summed E-state index contributed by atoms with van der Waals surface area (Å²) in [5.41, 5.74) is 0. The van der Waals surface area contributed by atoms with Crippen LogP contribution in [0.25, 0.3) is 0 Å². The Balaban J connectivity index is 1.94. The van der Waals surface area contributed by atoms with E-state index in [-0.39, 0.29) is 12.1 Å². The van der Waals surface area contributed by atoms with Gasteiger partial charge in [0.05, 0.1) is 12.6 Å². The van der Waals surface area contributed by atoms with Crippen molar-refractivity contribution >= 4 is 17.4 Å². The molecule has 1 aromatic heterocycles. The predicted molar refractivity (Wildman–Crippen MR) is 68.2 cm³/mol. The van der Waals surface area contributed by atoms with Crippen LogP contribution in [0.15, 0.2) is 17.5 Å². The molecule has 0 bridgehead atoms. The van der Waals surface area contributed by atoms with Crippen molar-refractivity contribution in [1.82, 2.24) is 10.2 Å². The number of nitrogens with zero attached hydrogens (tertiary/aromatic N) is 1. The normalized spacial score (nSPS) is 19.2. The van der Waals surface area contributed by atoms with Crippen LogP contribution in [0, 0.1) is 0 Å². The third-order valence-electron chi connectivity index (χ3n) is 2.88. The fourth-order valence-electron chi connectivity index (χ4n) is 2.00. The van der Waals surface area contributed by atoms with Crippen LogP contribution in [0.1, 0.15) is 17.7 Å². The minimum atomic E-state index is -0.0334. The summed E-state index contributed by atoms with van der Waals surface area (Å²) in [5, 5.41) is 4.72. The Labute approximate surface area is 106 Å². The highest BCUT2D eigenvalue weighted by Crippen LogP contribution is 2.17. The minimum Gasteiger partial charge on any atom is -0.376 e. The molecule has 2 amide bonds. The maximum absolute atomic E-state index is 11.8. The number of ether oxygens (including phenoxy) is 1. The molecule has 2 rings (SSSR count). The number of carbonyl (C=O) groups excluding carboxylic acids is 1. The Morgan fingerprint density at radius 3 is 3.18 bits per heavy atom. The molecule has 0 aromatic carbocycles. The third kappa shape index (κ3) is 3.44. The molecule has 94 valence electrons. The summed E-state index contributed by atoms with van der Waals surface area (Å²) in [6.07, 6.45) is 2.36. The first-order valence-corrected chi connectivity index (χ1v) is 6.78. The zero-order valence-electron chi connectivity index (χ0n) is 10.0. The summed E-state index contributed by atoms with van der Waals surface area (Å²) in [5.74, 6) is 0. The van der Waals surface area contributed by atoms with Crippen LogP contribution in [0.4, 0.5) is 4.79 Å². The molecule has 0 spiro atoms. The van der Waals surface area contributed by atoms with Crippen LogP contribution in [-0.4, -0.2) is 37.2 Å². The highest BCUT2D eigenvalue weighted by molar-refractivity contribution is 7.09. The van der Waals surface area contributed by atoms with E-state index in [2.05, 4.69) is 11.4 Å². The van der Waals surface area contributed by atoms with Gasteiger partial charge in [0.2, 0.25) is 0 Å². The van der Waals surface area contributed by atoms with Gasteiger partial charge in [0, 0.05) is 25.1 Å². The molecule has 1 aromatic rings. The van der Waals surface area contributed by atoms with Crippen LogP contribution in [0.5, 0.6) is 0 Å². The van der Waals surface area contributed by atoms with Crippen molar-refractivity contribution in [3.63, 3.8) is 0 Å². The lowest BCUT2D eigenvalue weighted by molar-refractivity contribution is 0.0801. The average molecular weight is 254 g/mol. The quantitative estimate of drug-likeness (QED) is 0.893. The SMILES string of the molecule is CNC(=O)N(Cc1cccs1)CC1CCCO1. The van der Waals surface area contributed by atoms with Gasteiger partial charge in [0.25, 0.3) is 0 Å². The van der Waals surface area contributed by atoms with Gasteiger partial charge in [-0.05, 0) is 24.3 Å². The Kier molecular flexibility index (Phi) is 4.39. The maximum atomic E-state index is 11.8. The fourth-order valence-corrected chi connectivity index (χ4v) is 2.72. The van der Waals surface area contributed by atoms with Gasteiger partial charge in [-0.2, -0.15) is 0 Å². The molecule has 2 heterocycles. The van der Waals surface area contributed by atoms with Crippen molar-refractivity contribution in [2.45, 2.75) is 25.5 Å². The maximum Gasteiger partial charge on any atom is 0.317 e. The smallest absolute Gasteiger partial charge is 0.317 e. The Hall–Kier alpha value is -1.07. The number of hydrogen-bond acceptors (Lipinski definition) is 3. The monoisotopic (exact) mass is 254 g/mol. The molecular weight excluding hydrogens is 236 g/mol. The lowest BCUT2D eigenvalue weighted by Gasteiger charge is -2.24. The second-order valence-electron chi connectivity index (χ2n) is 4.15. The van der Waals surface area contributed by atoms with Crippen LogP contribution >= 0.6 is 11.3 Å². The van der Waals surface area contributed by atoms with Crippen molar-refractivity contribution < 1.29 is 9.53 Å². The lowest BCUT2D eigenvalue weighted by atomic mass is 10.2. The van der Waals surface area contributed by atoms with Gasteiger partial charge in [-0.1, -0.05) is 6.07 Å². The molecule has 1 saturated heterocycles. The van der Waals surface area contributed by atoms with Crippen LogP contribution in [0.2, 0.25) is 0 Å². The Morgan fingerprint density at radius 1 is 1.71 bits per heavy atom. The van der Waals surface area contributed by atoms with Gasteiger partial charge in [-0.25, -0.2) is 4.79 Å². The fraction of sp³-hybridized carbons (Fsp3) is 0.583. The summed E-state index contributed by atoms with van der Waals surface area (Å²) in [7, 11) is 1.67. The predicted octanol–water partition coefficient (Wildman–Crippen LogP) is 2.07. The summed E-state index contributed by atoms with van der Waals surface area (Å²) >= 11 is 1.67. The summed E-state index contributed by atoms with van der Waals surface area (Å²) in [6, 6.07) is 4.03. The van der Waals surface area contributed by atoms with Crippen molar-refractivity contribution in [3.8, 4) is 0 Å². The molecule has 4 nitrogen and oxygen atoms in total. The molecule has 1 N–H and O–H groups in total. The molecule has 0 radical (unpaired) electrons. The molecule has 1 atom stereocenters. The number of urea groups is 1. The van der Waals surface area contributed by atoms with E-state index in [1.54, 1.807) is 18.4 Å². The lowest BCUT2D eigenvalue weighted by Crippen LogP contribution is -2.41. The van der Waals surface area contributed by atoms with Crippen molar-refractivity contribution in [3.05, 3.63) is 22.4 Å². The molecule has 1 aliphatic heterocycles. The first kappa shape index (κ1) is 12.4. The van der Waals surface area contributed by atoms with Crippen molar-refractivity contribution in [2.24, 2.45) is 0 Å². The number of thiophene rings is 1. The first-order chi connectivity index (χ1) is 8.29. The van der Waals surface area contributed by atoms with Crippen molar-refractivity contribution in [2.75, 3.05) is 20.2 Å². The molecular formula is C12H18N2O2S. The molecule has 1 aliphatic rings. The Morgan fingerprint density at radius 2 is 2.59 bits per heavy atom. The van der Waals surface area contributed by atoms with Gasteiger partial charge in [-0.3, -0.25) is 0 Å². The molecule has 1 fully saturated rings. The number of rotatable bonds is 4. The van der Waals surface area contributed by atoms with Gasteiger partial charge in [-0.15, -0.1) is 11.3 Å². The van der Waals surface area contributed by atoms with Crippen LogP contribution in [0.3, 0.4) is 0 Å². The largest absolute Gasteiger partial charge is 0.376 e. The van der Waals surface area contributed by atoms with Crippen LogP contribution in [-0.2, 0) is 11.3 Å². The highest BCUT2D eigenvalue weighted by Gasteiger charge is 2.22. The number of hydrogen-bond donors (Lipinski definition) is 1. The molecule has 17 heavy (non-hydrogen) atoms. The first-order valence-electron chi connectivity index (χ1n) is 5.90. The Bertz CT molecular complexity index is 347. The van der Waals surface area contributed by atoms with Crippen LogP contribution < -0.4 is 5.32 Å². The summed E-state index contributed by atoms with van der Waals surface area (Å²) < 4.78 is 5.58. The summed E-state index contributed by atoms with van der Waals surface area (Å²) in [6.45, 7) is 2.17. The zero-order chi connectivity index (χ0) is 12.1. The molecule has 0 aliphatic carbocycles. The van der Waals surface area contributed by atoms with E-state index < -0.39 is 0 Å². The second kappa shape index (κ2) is 6.02. The van der Waals surface area contributed by atoms with Gasteiger partial charge >= 0.3 is 6.03 Å². The van der Waals surface area contributed by atoms with Gasteiger partial charge < -0.3 is 15.0 Å². The summed E-state index contributed by atoms with van der Waals surface area (Å²) in [4.78, 5) is 14.8. The standard InChI is InChI=1S/C12H18N2O2S/c1-13-12(15)14(8-10-4-2-6-16-10)9-11-5-3-7-17-11/h3,5,7,10H,2,4,6,8-9H2,1H3,(H,13,15). The molecule has 5 heteroatoms. The van der Waals surface area contributed by atoms with E-state index in [4.69, 9.17) is 4.74 Å². The average Bonchev–Trinajstić information content (AvgIpc) is 3.00. The minimum absolute atomic E-state index is 0.0334. The number of nitrogens with one attached hydrogen (secondary N) is 1. The number of amides is 2. The van der Waals surface area contributed by atoms with E-state index >= 15 is 0 Å². The molecule has 1 unspecified atom stereocenters. The van der Waals surface area contributed by atoms with E-state index in [1.165, 1.54) is 4.88 Å². The molecule has 0 saturated carbocycles. The zero-order valence-corrected chi connectivity index (χ0v) is 10.8. The van der Waals surface area contributed by atoms with E-state index in [0.29, 0.717) is 13.1 Å². The van der Waals surface area contributed by atoms with E-state index in [1.807, 2.05) is 16.3 Å². The van der Waals surface area contributed by atoms with E-state index in [9.17, 15) is 4.79 Å². The second-order valence-corrected chi connectivity index (χ2v) is 5.18. The third-order valence-corrected chi connectivity index (χ3v) is 3.74. The van der Waals surface area contributed by atoms with Gasteiger partial charge in [0.1, 0.15) is 0 Å².